The van der Waals surface area contributed by atoms with Crippen LogP contribution in [0.1, 0.15) is 46.9 Å². The number of hydrogen-bond donors (Lipinski definition) is 2. The molecule has 1 aliphatic heterocycles. The van der Waals surface area contributed by atoms with Gasteiger partial charge in [0.05, 0.1) is 30.1 Å². The number of carbonyl (C=O) groups excluding carboxylic acids is 2. The molecule has 1 fully saturated rings. The summed E-state index contributed by atoms with van der Waals surface area (Å²) in [5.74, 6) is -0.167. The Balaban J connectivity index is 1.94. The van der Waals surface area contributed by atoms with Crippen molar-refractivity contribution in [3.8, 4) is 11.5 Å². The Kier molecular flexibility index (Phi) is 7.05. The molecule has 8 heteroatoms. The first-order chi connectivity index (χ1) is 14.4. The van der Waals surface area contributed by atoms with Crippen LogP contribution in [0.25, 0.3) is 0 Å². The Labute approximate surface area is 181 Å². The third kappa shape index (κ3) is 4.79. The van der Waals surface area contributed by atoms with Gasteiger partial charge in [0.1, 0.15) is 0 Å². The Bertz CT molecular complexity index is 942. The van der Waals surface area contributed by atoms with Crippen LogP contribution in [-0.2, 0) is 0 Å². The molecule has 2 amide bonds. The molecule has 0 saturated carbocycles. The number of halogens is 1. The van der Waals surface area contributed by atoms with E-state index in [1.807, 2.05) is 13.0 Å². The summed E-state index contributed by atoms with van der Waals surface area (Å²) < 4.78 is 10.8. The monoisotopic (exact) mass is 431 g/mol. The van der Waals surface area contributed by atoms with Crippen molar-refractivity contribution in [2.75, 3.05) is 37.0 Å². The molecule has 0 aromatic heterocycles. The highest BCUT2D eigenvalue weighted by Gasteiger charge is 2.20. The van der Waals surface area contributed by atoms with Gasteiger partial charge in [-0.3, -0.25) is 9.59 Å². The first-order valence-electron chi connectivity index (χ1n) is 9.95. The smallest absolute Gasteiger partial charge is 0.255 e. The molecule has 1 saturated heterocycles. The van der Waals surface area contributed by atoms with Gasteiger partial charge < -0.3 is 25.4 Å². The number of benzene rings is 2. The summed E-state index contributed by atoms with van der Waals surface area (Å²) in [5, 5.41) is 3.19. The molecule has 0 aliphatic carbocycles. The third-order valence-corrected chi connectivity index (χ3v) is 5.29. The number of anilines is 2. The third-order valence-electron chi connectivity index (χ3n) is 5.01. The summed E-state index contributed by atoms with van der Waals surface area (Å²) in [4.78, 5) is 26.9. The average Bonchev–Trinajstić information content (AvgIpc) is 2.75. The highest BCUT2D eigenvalue weighted by atomic mass is 35.5. The topological polar surface area (TPSA) is 93.9 Å². The van der Waals surface area contributed by atoms with Gasteiger partial charge in [-0.2, -0.15) is 0 Å². The Morgan fingerprint density at radius 1 is 1.13 bits per heavy atom. The van der Waals surface area contributed by atoms with Crippen molar-refractivity contribution >= 4 is 34.8 Å². The zero-order chi connectivity index (χ0) is 21.7. The highest BCUT2D eigenvalue weighted by Crippen LogP contribution is 2.37. The number of primary amides is 1. The molecule has 0 radical (unpaired) electrons. The van der Waals surface area contributed by atoms with Crippen LogP contribution in [0.15, 0.2) is 30.3 Å². The van der Waals surface area contributed by atoms with E-state index in [1.165, 1.54) is 19.6 Å². The van der Waals surface area contributed by atoms with Crippen LogP contribution in [0, 0.1) is 0 Å². The second-order valence-corrected chi connectivity index (χ2v) is 7.43. The van der Waals surface area contributed by atoms with Crippen molar-refractivity contribution in [1.29, 1.82) is 0 Å². The number of piperidine rings is 1. The van der Waals surface area contributed by atoms with Crippen LogP contribution in [0.2, 0.25) is 5.02 Å². The lowest BCUT2D eigenvalue weighted by Gasteiger charge is -2.30. The maximum Gasteiger partial charge on any atom is 0.255 e. The van der Waals surface area contributed by atoms with Crippen molar-refractivity contribution in [2.24, 2.45) is 5.73 Å². The summed E-state index contributed by atoms with van der Waals surface area (Å²) in [6.45, 7) is 4.04. The summed E-state index contributed by atoms with van der Waals surface area (Å²) in [6, 6.07) is 8.22. The summed E-state index contributed by atoms with van der Waals surface area (Å²) in [6.07, 6.45) is 3.34. The van der Waals surface area contributed by atoms with Gasteiger partial charge in [-0.05, 0) is 56.5 Å². The maximum absolute atomic E-state index is 13.0. The van der Waals surface area contributed by atoms with Crippen LogP contribution < -0.4 is 25.4 Å². The number of nitrogens with zero attached hydrogens (tertiary/aromatic N) is 1. The lowest BCUT2D eigenvalue weighted by molar-refractivity contribution is 0.0996. The Morgan fingerprint density at radius 3 is 2.50 bits per heavy atom. The lowest BCUT2D eigenvalue weighted by atomic mass is 10.1. The number of carbonyl (C=O) groups is 2. The molecule has 30 heavy (non-hydrogen) atoms. The van der Waals surface area contributed by atoms with Crippen molar-refractivity contribution in [3.05, 3.63) is 46.5 Å². The van der Waals surface area contributed by atoms with Gasteiger partial charge in [0, 0.05) is 24.2 Å². The first-order valence-corrected chi connectivity index (χ1v) is 10.3. The summed E-state index contributed by atoms with van der Waals surface area (Å²) >= 11 is 6.30. The second-order valence-electron chi connectivity index (χ2n) is 7.02. The SMILES string of the molecule is CCOc1c(Cl)cc(C(=O)Nc2cc(C(N)=O)ccc2N2CCCCC2)cc1OC. The second kappa shape index (κ2) is 9.71. The number of hydrogen-bond acceptors (Lipinski definition) is 5. The standard InChI is InChI=1S/C22H26ClN3O4/c1-3-30-20-16(23)11-15(13-19(20)29-2)22(28)25-17-12-14(21(24)27)7-8-18(17)26-9-5-4-6-10-26/h7-8,11-13H,3-6,9-10H2,1-2H3,(H2,24,27)(H,25,28). The van der Waals surface area contributed by atoms with Gasteiger partial charge >= 0.3 is 0 Å². The minimum absolute atomic E-state index is 0.281. The molecule has 2 aromatic rings. The number of nitrogens with one attached hydrogen (secondary N) is 1. The van der Waals surface area contributed by atoms with E-state index in [9.17, 15) is 9.59 Å². The van der Waals surface area contributed by atoms with E-state index in [0.29, 0.717) is 34.9 Å². The van der Waals surface area contributed by atoms with E-state index in [0.717, 1.165) is 31.6 Å². The van der Waals surface area contributed by atoms with Gasteiger partial charge in [-0.15, -0.1) is 0 Å². The summed E-state index contributed by atoms with van der Waals surface area (Å²) in [7, 11) is 1.49. The van der Waals surface area contributed by atoms with Gasteiger partial charge in [-0.25, -0.2) is 0 Å². The molecule has 0 unspecified atom stereocenters. The van der Waals surface area contributed by atoms with Gasteiger partial charge in [-0.1, -0.05) is 11.6 Å². The molecule has 1 aliphatic rings. The predicted molar refractivity (Wildman–Crippen MR) is 118 cm³/mol. The van der Waals surface area contributed by atoms with Crippen molar-refractivity contribution < 1.29 is 19.1 Å². The van der Waals surface area contributed by atoms with Crippen LogP contribution in [0.5, 0.6) is 11.5 Å². The van der Waals surface area contributed by atoms with Crippen LogP contribution in [-0.4, -0.2) is 38.6 Å². The van der Waals surface area contributed by atoms with Crippen LogP contribution in [0.3, 0.4) is 0 Å². The molecule has 3 rings (SSSR count). The maximum atomic E-state index is 13.0. The number of nitrogens with two attached hydrogens (primary N) is 1. The number of rotatable bonds is 7. The van der Waals surface area contributed by atoms with E-state index in [2.05, 4.69) is 10.2 Å². The van der Waals surface area contributed by atoms with Crippen molar-refractivity contribution in [3.63, 3.8) is 0 Å². The molecule has 160 valence electrons. The first kappa shape index (κ1) is 21.8. The fraction of sp³-hybridized carbons (Fsp3) is 0.364. The normalized spacial score (nSPS) is 13.6. The fourth-order valence-corrected chi connectivity index (χ4v) is 3.80. The minimum Gasteiger partial charge on any atom is -0.493 e. The molecule has 0 spiro atoms. The van der Waals surface area contributed by atoms with E-state index in [4.69, 9.17) is 26.8 Å². The minimum atomic E-state index is -0.554. The van der Waals surface area contributed by atoms with Crippen LogP contribution >= 0.6 is 11.6 Å². The van der Waals surface area contributed by atoms with E-state index < -0.39 is 5.91 Å². The Hall–Kier alpha value is -2.93. The summed E-state index contributed by atoms with van der Waals surface area (Å²) in [5.41, 5.74) is 7.47. The predicted octanol–water partition coefficient (Wildman–Crippen LogP) is 4.09. The van der Waals surface area contributed by atoms with Gasteiger partial charge in [0.2, 0.25) is 5.91 Å². The molecule has 0 atom stereocenters. The zero-order valence-electron chi connectivity index (χ0n) is 17.2. The molecule has 1 heterocycles. The Morgan fingerprint density at radius 2 is 1.87 bits per heavy atom. The molecule has 0 bridgehead atoms. The number of methoxy groups -OCH3 is 1. The van der Waals surface area contributed by atoms with E-state index in [-0.39, 0.29) is 10.9 Å². The molecule has 7 nitrogen and oxygen atoms in total. The zero-order valence-corrected chi connectivity index (χ0v) is 17.9. The molecular formula is C22H26ClN3O4. The van der Waals surface area contributed by atoms with Crippen molar-refractivity contribution in [1.82, 2.24) is 0 Å². The van der Waals surface area contributed by atoms with Gasteiger partial charge in [0.15, 0.2) is 11.5 Å². The molecule has 3 N–H and O–H groups in total. The quantitative estimate of drug-likeness (QED) is 0.688. The average molecular weight is 432 g/mol. The van der Waals surface area contributed by atoms with E-state index in [1.54, 1.807) is 18.2 Å². The van der Waals surface area contributed by atoms with Crippen LogP contribution in [0.4, 0.5) is 11.4 Å². The van der Waals surface area contributed by atoms with Crippen molar-refractivity contribution in [2.45, 2.75) is 26.2 Å². The molecule has 2 aromatic carbocycles. The highest BCUT2D eigenvalue weighted by molar-refractivity contribution is 6.32. The number of ether oxygens (including phenoxy) is 2. The number of amides is 2. The largest absolute Gasteiger partial charge is 0.493 e. The van der Waals surface area contributed by atoms with E-state index >= 15 is 0 Å². The molecular weight excluding hydrogens is 406 g/mol. The fourth-order valence-electron chi connectivity index (χ4n) is 3.53. The lowest BCUT2D eigenvalue weighted by Crippen LogP contribution is -2.30. The van der Waals surface area contributed by atoms with Gasteiger partial charge in [0.25, 0.3) is 5.91 Å².